The van der Waals surface area contributed by atoms with Crippen molar-refractivity contribution < 1.29 is 19.4 Å². The Balaban J connectivity index is 1.74. The lowest BCUT2D eigenvalue weighted by molar-refractivity contribution is -0.142. The number of ether oxygens (including phenoxy) is 1. The number of carbonyl (C=O) groups excluding carboxylic acids is 1. The summed E-state index contributed by atoms with van der Waals surface area (Å²) in [6, 6.07) is 8.98. The number of aromatic nitrogens is 1. The van der Waals surface area contributed by atoms with Gasteiger partial charge in [0.15, 0.2) is 6.10 Å². The standard InChI is InChI=1S/C19H14Cl2N2O4S/c1-9-2-4-11-12(6-9)27-13(7-16(24)25)19(26)23(11)8-15-22-18-14(28-15)5-3-10(20)17(18)21/h2-6,13H,7-8H2,1H3,(H,24,25). The maximum Gasteiger partial charge on any atom is 0.307 e. The van der Waals surface area contributed by atoms with Crippen molar-refractivity contribution in [3.8, 4) is 5.75 Å². The second-order valence-electron chi connectivity index (χ2n) is 6.42. The number of fused-ring (bicyclic) bond motifs is 2. The van der Waals surface area contributed by atoms with Gasteiger partial charge in [0, 0.05) is 0 Å². The highest BCUT2D eigenvalue weighted by Gasteiger charge is 2.36. The number of halogens is 2. The van der Waals surface area contributed by atoms with Gasteiger partial charge in [0.05, 0.1) is 33.4 Å². The number of benzene rings is 2. The van der Waals surface area contributed by atoms with Crippen molar-refractivity contribution in [2.75, 3.05) is 4.90 Å². The molecule has 1 unspecified atom stereocenters. The smallest absolute Gasteiger partial charge is 0.307 e. The first-order chi connectivity index (χ1) is 13.3. The first-order valence-electron chi connectivity index (χ1n) is 8.37. The monoisotopic (exact) mass is 436 g/mol. The second kappa shape index (κ2) is 7.24. The molecule has 6 nitrogen and oxygen atoms in total. The number of anilines is 1. The number of rotatable bonds is 4. The van der Waals surface area contributed by atoms with Crippen molar-refractivity contribution in [1.82, 2.24) is 4.98 Å². The molecule has 0 aliphatic carbocycles. The van der Waals surface area contributed by atoms with Crippen molar-refractivity contribution in [3.63, 3.8) is 0 Å². The Morgan fingerprint density at radius 1 is 1.32 bits per heavy atom. The zero-order valence-electron chi connectivity index (χ0n) is 14.6. The summed E-state index contributed by atoms with van der Waals surface area (Å²) >= 11 is 13.7. The van der Waals surface area contributed by atoms with E-state index in [-0.39, 0.29) is 6.54 Å². The molecule has 0 fully saturated rings. The van der Waals surface area contributed by atoms with Crippen LogP contribution >= 0.6 is 34.5 Å². The number of hydrogen-bond acceptors (Lipinski definition) is 5. The predicted molar refractivity (Wildman–Crippen MR) is 109 cm³/mol. The van der Waals surface area contributed by atoms with E-state index in [4.69, 9.17) is 33.0 Å². The number of amides is 1. The molecule has 0 spiro atoms. The van der Waals surface area contributed by atoms with Crippen LogP contribution in [0.4, 0.5) is 5.69 Å². The highest BCUT2D eigenvalue weighted by Crippen LogP contribution is 2.38. The van der Waals surface area contributed by atoms with E-state index < -0.39 is 24.4 Å². The second-order valence-corrected chi connectivity index (χ2v) is 8.32. The average molecular weight is 437 g/mol. The number of thiazole rings is 1. The molecule has 0 radical (unpaired) electrons. The molecule has 1 aromatic heterocycles. The van der Waals surface area contributed by atoms with Crippen molar-refractivity contribution in [2.45, 2.75) is 26.0 Å². The van der Waals surface area contributed by atoms with Crippen LogP contribution in [0.5, 0.6) is 5.75 Å². The molecular formula is C19H14Cl2N2O4S. The number of hydrogen-bond donors (Lipinski definition) is 1. The summed E-state index contributed by atoms with van der Waals surface area (Å²) in [4.78, 5) is 30.1. The molecule has 0 saturated carbocycles. The molecule has 4 rings (SSSR count). The molecule has 144 valence electrons. The first-order valence-corrected chi connectivity index (χ1v) is 9.94. The van der Waals surface area contributed by atoms with E-state index in [1.807, 2.05) is 19.1 Å². The Hall–Kier alpha value is -2.35. The SMILES string of the molecule is Cc1ccc2c(c1)OC(CC(=O)O)C(=O)N2Cc1nc2c(Cl)c(Cl)ccc2s1. The Labute approximate surface area is 174 Å². The minimum Gasteiger partial charge on any atom is -0.481 e. The van der Waals surface area contributed by atoms with Crippen molar-refractivity contribution in [3.05, 3.63) is 50.9 Å². The molecule has 2 heterocycles. The number of carbonyl (C=O) groups is 2. The van der Waals surface area contributed by atoms with Gasteiger partial charge in [-0.2, -0.15) is 0 Å². The van der Waals surface area contributed by atoms with Gasteiger partial charge >= 0.3 is 5.97 Å². The Morgan fingerprint density at radius 2 is 2.11 bits per heavy atom. The van der Waals surface area contributed by atoms with E-state index in [1.165, 1.54) is 16.2 Å². The van der Waals surface area contributed by atoms with E-state index in [0.717, 1.165) is 10.3 Å². The minimum absolute atomic E-state index is 0.182. The third-order valence-corrected chi connectivity index (χ3v) is 6.17. The zero-order valence-corrected chi connectivity index (χ0v) is 16.9. The number of aliphatic carboxylic acids is 1. The third-order valence-electron chi connectivity index (χ3n) is 4.37. The van der Waals surface area contributed by atoms with E-state index in [2.05, 4.69) is 4.98 Å². The lowest BCUT2D eigenvalue weighted by Crippen LogP contribution is -2.46. The lowest BCUT2D eigenvalue weighted by Gasteiger charge is -2.33. The number of aryl methyl sites for hydroxylation is 1. The average Bonchev–Trinajstić information content (AvgIpc) is 3.05. The van der Waals surface area contributed by atoms with Crippen LogP contribution in [0.15, 0.2) is 30.3 Å². The van der Waals surface area contributed by atoms with Crippen LogP contribution in [0.25, 0.3) is 10.2 Å². The largest absolute Gasteiger partial charge is 0.481 e. The number of carboxylic acids is 1. The lowest BCUT2D eigenvalue weighted by atomic mass is 10.1. The fourth-order valence-electron chi connectivity index (χ4n) is 3.07. The molecule has 1 aliphatic heterocycles. The molecule has 1 atom stereocenters. The van der Waals surface area contributed by atoms with Gasteiger partial charge in [-0.25, -0.2) is 4.98 Å². The Kier molecular flexibility index (Phi) is 4.91. The van der Waals surface area contributed by atoms with Crippen molar-refractivity contribution in [1.29, 1.82) is 0 Å². The molecule has 1 aliphatic rings. The van der Waals surface area contributed by atoms with Crippen LogP contribution in [0.2, 0.25) is 10.0 Å². The summed E-state index contributed by atoms with van der Waals surface area (Å²) < 4.78 is 6.53. The maximum atomic E-state index is 12.9. The predicted octanol–water partition coefficient (Wildman–Crippen LogP) is 4.68. The Morgan fingerprint density at radius 3 is 2.86 bits per heavy atom. The number of carboxylic acid groups (broad SMARTS) is 1. The van der Waals surface area contributed by atoms with Gasteiger partial charge in [-0.1, -0.05) is 29.3 Å². The van der Waals surface area contributed by atoms with Crippen molar-refractivity contribution in [2.24, 2.45) is 0 Å². The minimum atomic E-state index is -1.10. The fraction of sp³-hybridized carbons (Fsp3) is 0.211. The van der Waals surface area contributed by atoms with Gasteiger partial charge in [0.25, 0.3) is 5.91 Å². The van der Waals surface area contributed by atoms with Gasteiger partial charge in [-0.3, -0.25) is 14.5 Å². The van der Waals surface area contributed by atoms with Crippen LogP contribution in [-0.2, 0) is 16.1 Å². The molecule has 1 amide bonds. The molecule has 2 aromatic carbocycles. The quantitative estimate of drug-likeness (QED) is 0.641. The van der Waals surface area contributed by atoms with Crippen molar-refractivity contribution >= 4 is 62.3 Å². The maximum absolute atomic E-state index is 12.9. The van der Waals surface area contributed by atoms with E-state index in [1.54, 1.807) is 18.2 Å². The van der Waals surface area contributed by atoms with Crippen LogP contribution in [0.1, 0.15) is 17.0 Å². The normalized spacial score (nSPS) is 16.2. The first kappa shape index (κ1) is 19.0. The molecule has 0 saturated heterocycles. The highest BCUT2D eigenvalue weighted by atomic mass is 35.5. The molecular weight excluding hydrogens is 423 g/mol. The summed E-state index contributed by atoms with van der Waals surface area (Å²) in [5.74, 6) is -1.04. The van der Waals surface area contributed by atoms with Gasteiger partial charge in [-0.15, -0.1) is 11.3 Å². The van der Waals surface area contributed by atoms with Gasteiger partial charge in [0.1, 0.15) is 16.3 Å². The van der Waals surface area contributed by atoms with Crippen LogP contribution < -0.4 is 9.64 Å². The van der Waals surface area contributed by atoms with Gasteiger partial charge in [-0.05, 0) is 36.8 Å². The third kappa shape index (κ3) is 3.41. The Bertz CT molecular complexity index is 1110. The fourth-order valence-corrected chi connectivity index (χ4v) is 4.45. The topological polar surface area (TPSA) is 79.7 Å². The summed E-state index contributed by atoms with van der Waals surface area (Å²) in [6.45, 7) is 2.08. The zero-order chi connectivity index (χ0) is 20.0. The van der Waals surface area contributed by atoms with Gasteiger partial charge < -0.3 is 9.84 Å². The van der Waals surface area contributed by atoms with Crippen LogP contribution in [0, 0.1) is 6.92 Å². The van der Waals surface area contributed by atoms with Crippen LogP contribution in [0.3, 0.4) is 0 Å². The molecule has 1 N–H and O–H groups in total. The molecule has 0 bridgehead atoms. The summed E-state index contributed by atoms with van der Waals surface area (Å²) in [5, 5.41) is 10.6. The molecule has 9 heteroatoms. The highest BCUT2D eigenvalue weighted by molar-refractivity contribution is 7.18. The van der Waals surface area contributed by atoms with E-state index in [0.29, 0.717) is 32.0 Å². The van der Waals surface area contributed by atoms with E-state index >= 15 is 0 Å². The van der Waals surface area contributed by atoms with Crippen LogP contribution in [-0.4, -0.2) is 28.1 Å². The summed E-state index contributed by atoms with van der Waals surface area (Å²) in [5.41, 5.74) is 2.12. The number of nitrogens with zero attached hydrogens (tertiary/aromatic N) is 2. The van der Waals surface area contributed by atoms with Gasteiger partial charge in [0.2, 0.25) is 0 Å². The summed E-state index contributed by atoms with van der Waals surface area (Å²) in [6.07, 6.45) is -1.50. The molecule has 28 heavy (non-hydrogen) atoms. The van der Waals surface area contributed by atoms with E-state index in [9.17, 15) is 9.59 Å². The molecule has 3 aromatic rings. The summed E-state index contributed by atoms with van der Waals surface area (Å²) in [7, 11) is 0.